The van der Waals surface area contributed by atoms with Crippen LogP contribution in [0, 0.1) is 0 Å². The van der Waals surface area contributed by atoms with Crippen LogP contribution in [0.1, 0.15) is 90.9 Å². The van der Waals surface area contributed by atoms with E-state index in [0.717, 1.165) is 25.7 Å². The molecule has 0 aliphatic carbocycles. The van der Waals surface area contributed by atoms with Gasteiger partial charge in [-0.2, -0.15) is 0 Å². The molecule has 2 N–H and O–H groups in total. The first kappa shape index (κ1) is 22.5. The fourth-order valence-corrected chi connectivity index (χ4v) is 2.62. The van der Waals surface area contributed by atoms with Gasteiger partial charge in [0.25, 0.3) is 0 Å². The van der Waals surface area contributed by atoms with Crippen LogP contribution in [0.3, 0.4) is 0 Å². The molecule has 0 aliphatic heterocycles. The average molecular weight is 341 g/mol. The maximum absolute atomic E-state index is 12.0. The number of carbonyl (C=O) groups is 2. The molecule has 0 saturated heterocycles. The standard InChI is InChI=1S/C18H36N4O2/c1-3-5-7-9-11-13-15-22(18(24)21-20-17(19)23)16-14-12-10-8-6-4-2/h3-16H2,1-2H3,(H2,19,23). The number of carbonyl (C=O) groups excluding carboxylic acids is 2. The van der Waals surface area contributed by atoms with Gasteiger partial charge in [-0.1, -0.05) is 88.3 Å². The molecule has 0 aromatic carbocycles. The lowest BCUT2D eigenvalue weighted by Crippen LogP contribution is -2.30. The summed E-state index contributed by atoms with van der Waals surface area (Å²) in [6.07, 6.45) is 14.1. The molecule has 6 nitrogen and oxygen atoms in total. The Morgan fingerprint density at radius 2 is 1.12 bits per heavy atom. The molecule has 0 saturated carbocycles. The SMILES string of the molecule is CCCCCCCCN(CCCCCCCC)C(=O)N=NC(N)=O. The molecule has 0 aromatic rings. The second-order valence-corrected chi connectivity index (χ2v) is 6.34. The van der Waals surface area contributed by atoms with Crippen molar-refractivity contribution in [2.45, 2.75) is 90.9 Å². The molecule has 0 unspecified atom stereocenters. The topological polar surface area (TPSA) is 88.1 Å². The van der Waals surface area contributed by atoms with E-state index in [1.54, 1.807) is 4.90 Å². The van der Waals surface area contributed by atoms with E-state index in [0.29, 0.717) is 13.1 Å². The fourth-order valence-electron chi connectivity index (χ4n) is 2.62. The number of nitrogens with zero attached hydrogens (tertiary/aromatic N) is 3. The van der Waals surface area contributed by atoms with Crippen LogP contribution in [0.2, 0.25) is 0 Å². The Morgan fingerprint density at radius 1 is 0.708 bits per heavy atom. The Labute approximate surface area is 147 Å². The zero-order valence-electron chi connectivity index (χ0n) is 15.6. The van der Waals surface area contributed by atoms with Crippen molar-refractivity contribution in [3.05, 3.63) is 0 Å². The minimum Gasteiger partial charge on any atom is -0.348 e. The highest BCUT2D eigenvalue weighted by Gasteiger charge is 2.12. The average Bonchev–Trinajstić information content (AvgIpc) is 2.56. The van der Waals surface area contributed by atoms with Crippen molar-refractivity contribution in [1.29, 1.82) is 0 Å². The molecule has 0 aromatic heterocycles. The summed E-state index contributed by atoms with van der Waals surface area (Å²) in [6, 6.07) is -1.38. The zero-order chi connectivity index (χ0) is 18.0. The van der Waals surface area contributed by atoms with E-state index >= 15 is 0 Å². The van der Waals surface area contributed by atoms with E-state index in [1.165, 1.54) is 51.4 Å². The van der Waals surface area contributed by atoms with E-state index in [-0.39, 0.29) is 0 Å². The third-order valence-electron chi connectivity index (χ3n) is 4.07. The van der Waals surface area contributed by atoms with Crippen molar-refractivity contribution >= 4 is 12.1 Å². The second-order valence-electron chi connectivity index (χ2n) is 6.34. The van der Waals surface area contributed by atoms with E-state index in [2.05, 4.69) is 24.1 Å². The summed E-state index contributed by atoms with van der Waals surface area (Å²) in [4.78, 5) is 24.4. The molecular formula is C18H36N4O2. The van der Waals surface area contributed by atoms with Crippen LogP contribution >= 0.6 is 0 Å². The Bertz CT molecular complexity index is 343. The van der Waals surface area contributed by atoms with Gasteiger partial charge in [-0.05, 0) is 12.8 Å². The number of azo groups is 1. The lowest BCUT2D eigenvalue weighted by Gasteiger charge is -2.19. The van der Waals surface area contributed by atoms with Crippen molar-refractivity contribution in [3.63, 3.8) is 0 Å². The third-order valence-corrected chi connectivity index (χ3v) is 4.07. The van der Waals surface area contributed by atoms with Crippen molar-refractivity contribution in [2.24, 2.45) is 16.0 Å². The number of hydrogen-bond acceptors (Lipinski definition) is 2. The quantitative estimate of drug-likeness (QED) is 0.326. The highest BCUT2D eigenvalue weighted by Crippen LogP contribution is 2.10. The summed E-state index contributed by atoms with van der Waals surface area (Å²) < 4.78 is 0. The first-order chi connectivity index (χ1) is 11.6. The molecule has 0 aliphatic rings. The van der Waals surface area contributed by atoms with Crippen LogP contribution in [0.15, 0.2) is 10.2 Å². The van der Waals surface area contributed by atoms with Gasteiger partial charge in [0.05, 0.1) is 0 Å². The smallest absolute Gasteiger partial charge is 0.348 e. The van der Waals surface area contributed by atoms with Gasteiger partial charge in [0, 0.05) is 13.1 Å². The summed E-state index contributed by atoms with van der Waals surface area (Å²) in [5.74, 6) is 0. The van der Waals surface area contributed by atoms with Gasteiger partial charge in [-0.25, -0.2) is 9.59 Å². The Hall–Kier alpha value is -1.46. The zero-order valence-corrected chi connectivity index (χ0v) is 15.6. The summed E-state index contributed by atoms with van der Waals surface area (Å²) in [5, 5.41) is 6.57. The van der Waals surface area contributed by atoms with Crippen molar-refractivity contribution < 1.29 is 9.59 Å². The number of hydrogen-bond donors (Lipinski definition) is 1. The second kappa shape index (κ2) is 16.4. The minimum absolute atomic E-state index is 0.448. The van der Waals surface area contributed by atoms with Gasteiger partial charge >= 0.3 is 12.1 Å². The van der Waals surface area contributed by atoms with Crippen molar-refractivity contribution in [2.75, 3.05) is 13.1 Å². The molecule has 0 radical (unpaired) electrons. The van der Waals surface area contributed by atoms with Crippen molar-refractivity contribution in [1.82, 2.24) is 4.90 Å². The lowest BCUT2D eigenvalue weighted by atomic mass is 10.1. The van der Waals surface area contributed by atoms with Crippen LogP contribution in [-0.2, 0) is 0 Å². The van der Waals surface area contributed by atoms with E-state index in [1.807, 2.05) is 0 Å². The largest absolute Gasteiger partial charge is 0.362 e. The van der Waals surface area contributed by atoms with E-state index in [9.17, 15) is 9.59 Å². The van der Waals surface area contributed by atoms with Gasteiger partial charge in [0.2, 0.25) is 0 Å². The third kappa shape index (κ3) is 14.2. The first-order valence-corrected chi connectivity index (χ1v) is 9.61. The van der Waals surface area contributed by atoms with Crippen LogP contribution in [0.4, 0.5) is 9.59 Å². The fraction of sp³-hybridized carbons (Fsp3) is 0.889. The molecule has 0 rings (SSSR count). The Morgan fingerprint density at radius 3 is 1.54 bits per heavy atom. The summed E-state index contributed by atoms with van der Waals surface area (Å²) >= 11 is 0. The molecule has 6 heteroatoms. The number of primary amides is 1. The first-order valence-electron chi connectivity index (χ1n) is 9.61. The molecule has 24 heavy (non-hydrogen) atoms. The molecule has 0 heterocycles. The van der Waals surface area contributed by atoms with Gasteiger partial charge in [0.15, 0.2) is 0 Å². The maximum atomic E-state index is 12.0. The van der Waals surface area contributed by atoms with E-state index in [4.69, 9.17) is 5.73 Å². The predicted octanol–water partition coefficient (Wildman–Crippen LogP) is 5.66. The molecule has 0 spiro atoms. The highest BCUT2D eigenvalue weighted by atomic mass is 16.2. The monoisotopic (exact) mass is 340 g/mol. The molecule has 0 atom stereocenters. The molecule has 0 fully saturated rings. The maximum Gasteiger partial charge on any atom is 0.362 e. The molecule has 0 bridgehead atoms. The summed E-state index contributed by atoms with van der Waals surface area (Å²) in [6.45, 7) is 5.75. The summed E-state index contributed by atoms with van der Waals surface area (Å²) in [5.41, 5.74) is 4.91. The van der Waals surface area contributed by atoms with Gasteiger partial charge < -0.3 is 10.6 Å². The van der Waals surface area contributed by atoms with Crippen LogP contribution in [-0.4, -0.2) is 30.1 Å². The molecule has 140 valence electrons. The number of nitrogens with two attached hydrogens (primary N) is 1. The molecule has 4 amide bonds. The van der Waals surface area contributed by atoms with Gasteiger partial charge in [0.1, 0.15) is 0 Å². The Kier molecular flexibility index (Phi) is 15.4. The lowest BCUT2D eigenvalue weighted by molar-refractivity contribution is 0.202. The van der Waals surface area contributed by atoms with Crippen molar-refractivity contribution in [3.8, 4) is 0 Å². The van der Waals surface area contributed by atoms with Gasteiger partial charge in [-0.3, -0.25) is 0 Å². The van der Waals surface area contributed by atoms with Crippen LogP contribution in [0.25, 0.3) is 0 Å². The van der Waals surface area contributed by atoms with Crippen LogP contribution in [0.5, 0.6) is 0 Å². The van der Waals surface area contributed by atoms with Crippen LogP contribution < -0.4 is 5.73 Å². The number of unbranched alkanes of at least 4 members (excludes halogenated alkanes) is 10. The normalized spacial score (nSPS) is 11.1. The summed E-state index contributed by atoms with van der Waals surface area (Å²) in [7, 11) is 0. The van der Waals surface area contributed by atoms with E-state index < -0.39 is 12.1 Å². The Balaban J connectivity index is 4.13. The molecular weight excluding hydrogens is 304 g/mol. The minimum atomic E-state index is -0.928. The van der Waals surface area contributed by atoms with Gasteiger partial charge in [-0.15, -0.1) is 0 Å². The highest BCUT2D eigenvalue weighted by molar-refractivity contribution is 5.78. The number of urea groups is 2. The predicted molar refractivity (Wildman–Crippen MR) is 98.2 cm³/mol. The number of rotatable bonds is 14. The number of amides is 4.